The molecular formula is C13H24N2O2. The SMILES string of the molecule is CCNC(=O)CN(CC)C(=O)CC1CCCC1. The fraction of sp³-hybridized carbons (Fsp3) is 0.846. The van der Waals surface area contributed by atoms with Crippen molar-refractivity contribution in [3.63, 3.8) is 0 Å². The van der Waals surface area contributed by atoms with Crippen LogP contribution in [0.1, 0.15) is 46.0 Å². The number of amides is 2. The lowest BCUT2D eigenvalue weighted by Gasteiger charge is -2.21. The van der Waals surface area contributed by atoms with Crippen molar-refractivity contribution < 1.29 is 9.59 Å². The fourth-order valence-corrected chi connectivity index (χ4v) is 2.39. The summed E-state index contributed by atoms with van der Waals surface area (Å²) in [4.78, 5) is 25.1. The largest absolute Gasteiger partial charge is 0.355 e. The van der Waals surface area contributed by atoms with E-state index >= 15 is 0 Å². The molecule has 1 aliphatic rings. The van der Waals surface area contributed by atoms with Crippen molar-refractivity contribution >= 4 is 11.8 Å². The average molecular weight is 240 g/mol. The van der Waals surface area contributed by atoms with Gasteiger partial charge in [0.15, 0.2) is 0 Å². The highest BCUT2D eigenvalue weighted by Crippen LogP contribution is 2.27. The van der Waals surface area contributed by atoms with Gasteiger partial charge < -0.3 is 10.2 Å². The maximum absolute atomic E-state index is 12.0. The highest BCUT2D eigenvalue weighted by atomic mass is 16.2. The fourth-order valence-electron chi connectivity index (χ4n) is 2.39. The molecule has 4 nitrogen and oxygen atoms in total. The molecule has 2 amide bonds. The smallest absolute Gasteiger partial charge is 0.239 e. The zero-order valence-electron chi connectivity index (χ0n) is 11.0. The number of nitrogens with zero attached hydrogens (tertiary/aromatic N) is 1. The van der Waals surface area contributed by atoms with Crippen LogP contribution < -0.4 is 5.32 Å². The van der Waals surface area contributed by atoms with E-state index < -0.39 is 0 Å². The van der Waals surface area contributed by atoms with E-state index in [1.54, 1.807) is 4.90 Å². The lowest BCUT2D eigenvalue weighted by atomic mass is 10.0. The molecule has 1 rings (SSSR count). The first-order valence-electron chi connectivity index (χ1n) is 6.71. The third-order valence-electron chi connectivity index (χ3n) is 3.38. The molecule has 0 spiro atoms. The van der Waals surface area contributed by atoms with Crippen LogP contribution >= 0.6 is 0 Å². The van der Waals surface area contributed by atoms with Crippen molar-refractivity contribution in [1.82, 2.24) is 10.2 Å². The molecule has 4 heteroatoms. The quantitative estimate of drug-likeness (QED) is 0.766. The maximum Gasteiger partial charge on any atom is 0.239 e. The van der Waals surface area contributed by atoms with Crippen molar-refractivity contribution in [2.75, 3.05) is 19.6 Å². The van der Waals surface area contributed by atoms with Gasteiger partial charge in [-0.05, 0) is 32.6 Å². The first-order chi connectivity index (χ1) is 8.17. The lowest BCUT2D eigenvalue weighted by Crippen LogP contribution is -2.41. The second-order valence-corrected chi connectivity index (χ2v) is 4.72. The van der Waals surface area contributed by atoms with E-state index in [-0.39, 0.29) is 18.4 Å². The minimum absolute atomic E-state index is 0.0610. The predicted molar refractivity (Wildman–Crippen MR) is 67.5 cm³/mol. The van der Waals surface area contributed by atoms with Crippen molar-refractivity contribution in [2.45, 2.75) is 46.0 Å². The standard InChI is InChI=1S/C13H24N2O2/c1-3-14-12(16)10-15(4-2)13(17)9-11-7-5-6-8-11/h11H,3-10H2,1-2H3,(H,14,16). The molecule has 0 aromatic rings. The summed E-state index contributed by atoms with van der Waals surface area (Å²) in [6, 6.07) is 0. The number of hydrogen-bond acceptors (Lipinski definition) is 2. The second-order valence-electron chi connectivity index (χ2n) is 4.72. The normalized spacial score (nSPS) is 15.9. The number of hydrogen-bond donors (Lipinski definition) is 1. The minimum Gasteiger partial charge on any atom is -0.355 e. The first-order valence-corrected chi connectivity index (χ1v) is 6.71. The Balaban J connectivity index is 2.37. The Hall–Kier alpha value is -1.06. The van der Waals surface area contributed by atoms with Gasteiger partial charge >= 0.3 is 0 Å². The van der Waals surface area contributed by atoms with Crippen LogP contribution in [0.5, 0.6) is 0 Å². The highest BCUT2D eigenvalue weighted by molar-refractivity contribution is 5.84. The molecule has 0 heterocycles. The van der Waals surface area contributed by atoms with Gasteiger partial charge in [-0.2, -0.15) is 0 Å². The van der Waals surface area contributed by atoms with E-state index in [9.17, 15) is 9.59 Å². The number of rotatable bonds is 6. The van der Waals surface area contributed by atoms with Gasteiger partial charge in [0.2, 0.25) is 11.8 Å². The second kappa shape index (κ2) is 7.30. The molecule has 0 atom stereocenters. The molecule has 1 aliphatic carbocycles. The molecule has 98 valence electrons. The zero-order valence-corrected chi connectivity index (χ0v) is 11.0. The number of carbonyl (C=O) groups is 2. The molecule has 17 heavy (non-hydrogen) atoms. The van der Waals surface area contributed by atoms with E-state index in [1.807, 2.05) is 13.8 Å². The molecule has 0 unspecified atom stereocenters. The summed E-state index contributed by atoms with van der Waals surface area (Å²) >= 11 is 0. The van der Waals surface area contributed by atoms with E-state index in [1.165, 1.54) is 25.7 Å². The van der Waals surface area contributed by atoms with Crippen LogP contribution in [0, 0.1) is 5.92 Å². The third kappa shape index (κ3) is 4.75. The van der Waals surface area contributed by atoms with Gasteiger partial charge in [0.1, 0.15) is 0 Å². The number of likely N-dealkylation sites (N-methyl/N-ethyl adjacent to an activating group) is 2. The summed E-state index contributed by atoms with van der Waals surface area (Å²) in [6.45, 7) is 5.24. The van der Waals surface area contributed by atoms with Crippen LogP contribution in [0.3, 0.4) is 0 Å². The molecule has 1 fully saturated rings. The van der Waals surface area contributed by atoms with Crippen molar-refractivity contribution in [3.8, 4) is 0 Å². The average Bonchev–Trinajstić information content (AvgIpc) is 2.78. The Labute approximate surface area is 104 Å². The Kier molecular flexibility index (Phi) is 6.01. The zero-order chi connectivity index (χ0) is 12.7. The molecule has 0 radical (unpaired) electrons. The Morgan fingerprint density at radius 2 is 1.88 bits per heavy atom. The highest BCUT2D eigenvalue weighted by Gasteiger charge is 2.22. The molecule has 0 saturated heterocycles. The Morgan fingerprint density at radius 3 is 2.41 bits per heavy atom. The summed E-state index contributed by atoms with van der Waals surface area (Å²) in [5.41, 5.74) is 0. The van der Waals surface area contributed by atoms with Crippen LogP contribution in [0.15, 0.2) is 0 Å². The Morgan fingerprint density at radius 1 is 1.24 bits per heavy atom. The number of carbonyl (C=O) groups excluding carboxylic acids is 2. The molecule has 0 aliphatic heterocycles. The summed E-state index contributed by atoms with van der Waals surface area (Å²) in [5.74, 6) is 0.616. The molecule has 1 saturated carbocycles. The van der Waals surface area contributed by atoms with Crippen LogP contribution in [0.4, 0.5) is 0 Å². The van der Waals surface area contributed by atoms with Crippen molar-refractivity contribution in [2.24, 2.45) is 5.92 Å². The van der Waals surface area contributed by atoms with Gasteiger partial charge in [0.05, 0.1) is 6.54 Å². The Bertz CT molecular complexity index is 260. The van der Waals surface area contributed by atoms with E-state index in [4.69, 9.17) is 0 Å². The van der Waals surface area contributed by atoms with Gasteiger partial charge in [-0.1, -0.05) is 12.8 Å². The van der Waals surface area contributed by atoms with Crippen LogP contribution in [-0.4, -0.2) is 36.3 Å². The molecule has 1 N–H and O–H groups in total. The third-order valence-corrected chi connectivity index (χ3v) is 3.38. The van der Waals surface area contributed by atoms with E-state index in [0.717, 1.165) is 0 Å². The lowest BCUT2D eigenvalue weighted by molar-refractivity contribution is -0.136. The van der Waals surface area contributed by atoms with Crippen LogP contribution in [0.25, 0.3) is 0 Å². The topological polar surface area (TPSA) is 49.4 Å². The van der Waals surface area contributed by atoms with E-state index in [0.29, 0.717) is 25.4 Å². The van der Waals surface area contributed by atoms with E-state index in [2.05, 4.69) is 5.32 Å². The molecule has 0 aromatic heterocycles. The number of nitrogens with one attached hydrogen (secondary N) is 1. The monoisotopic (exact) mass is 240 g/mol. The summed E-state index contributed by atoms with van der Waals surface area (Å²) < 4.78 is 0. The molecule has 0 bridgehead atoms. The molecular weight excluding hydrogens is 216 g/mol. The first kappa shape index (κ1) is 14.0. The summed E-state index contributed by atoms with van der Waals surface area (Å²) in [6.07, 6.45) is 5.46. The predicted octanol–water partition coefficient (Wildman–Crippen LogP) is 1.55. The maximum atomic E-state index is 12.0. The molecule has 0 aromatic carbocycles. The van der Waals surface area contributed by atoms with Gasteiger partial charge in [-0.15, -0.1) is 0 Å². The van der Waals surface area contributed by atoms with Gasteiger partial charge in [0, 0.05) is 19.5 Å². The van der Waals surface area contributed by atoms with Crippen molar-refractivity contribution in [3.05, 3.63) is 0 Å². The van der Waals surface area contributed by atoms with Gasteiger partial charge in [0.25, 0.3) is 0 Å². The van der Waals surface area contributed by atoms with Crippen LogP contribution in [0.2, 0.25) is 0 Å². The minimum atomic E-state index is -0.0610. The van der Waals surface area contributed by atoms with Gasteiger partial charge in [-0.25, -0.2) is 0 Å². The van der Waals surface area contributed by atoms with Crippen molar-refractivity contribution in [1.29, 1.82) is 0 Å². The summed E-state index contributed by atoms with van der Waals surface area (Å²) in [7, 11) is 0. The summed E-state index contributed by atoms with van der Waals surface area (Å²) in [5, 5.41) is 2.73. The van der Waals surface area contributed by atoms with Crippen LogP contribution in [-0.2, 0) is 9.59 Å². The van der Waals surface area contributed by atoms with Gasteiger partial charge in [-0.3, -0.25) is 9.59 Å².